The summed E-state index contributed by atoms with van der Waals surface area (Å²) < 4.78 is 10.4. The van der Waals surface area contributed by atoms with Gasteiger partial charge in [0.15, 0.2) is 0 Å². The first kappa shape index (κ1) is 24.7. The molecule has 0 bridgehead atoms. The van der Waals surface area contributed by atoms with Gasteiger partial charge in [0.2, 0.25) is 2.14 Å². The smallest absolute Gasteiger partial charge is 0.409 e. The van der Waals surface area contributed by atoms with Gasteiger partial charge in [0.25, 0.3) is 0 Å². The van der Waals surface area contributed by atoms with Gasteiger partial charge in [-0.25, -0.2) is 9.59 Å². The van der Waals surface area contributed by atoms with Crippen molar-refractivity contribution in [2.75, 3.05) is 19.7 Å². The van der Waals surface area contributed by atoms with Gasteiger partial charge in [-0.3, -0.25) is 0 Å². The largest absolute Gasteiger partial charge is 0.457 e. The summed E-state index contributed by atoms with van der Waals surface area (Å²) >= 11 is 9.61. The average Bonchev–Trinajstić information content (AvgIpc) is 3.10. The SMILES string of the molecule is CC(C)(OC(=O)C(Br)(Br)Br)C1CCN(C(=O)OCC2c3ccccc3-c3ccccc32)CC1. The quantitative estimate of drug-likeness (QED) is 0.272. The molecule has 33 heavy (non-hydrogen) atoms. The van der Waals surface area contributed by atoms with Gasteiger partial charge in [0, 0.05) is 24.9 Å². The molecule has 0 N–H and O–H groups in total. The molecule has 8 heteroatoms. The van der Waals surface area contributed by atoms with E-state index in [0.717, 1.165) is 12.8 Å². The van der Waals surface area contributed by atoms with Crippen molar-refractivity contribution < 1.29 is 19.1 Å². The number of benzene rings is 2. The fraction of sp³-hybridized carbons (Fsp3) is 0.440. The molecular formula is C25H26Br3NO4. The molecule has 2 aliphatic rings. The molecule has 1 fully saturated rings. The highest BCUT2D eigenvalue weighted by atomic mass is 80.0. The molecule has 0 aromatic heterocycles. The van der Waals surface area contributed by atoms with Crippen LogP contribution in [-0.2, 0) is 14.3 Å². The zero-order valence-electron chi connectivity index (χ0n) is 18.5. The number of fused-ring (bicyclic) bond motifs is 3. The third-order valence-electron chi connectivity index (χ3n) is 6.66. The van der Waals surface area contributed by atoms with Gasteiger partial charge in [-0.15, -0.1) is 0 Å². The van der Waals surface area contributed by atoms with Gasteiger partial charge in [0.05, 0.1) is 0 Å². The lowest BCUT2D eigenvalue weighted by atomic mass is 9.83. The van der Waals surface area contributed by atoms with Crippen LogP contribution < -0.4 is 0 Å². The fourth-order valence-corrected chi connectivity index (χ4v) is 5.07. The molecule has 1 aliphatic heterocycles. The third kappa shape index (κ3) is 5.33. The number of amides is 1. The van der Waals surface area contributed by atoms with Crippen molar-refractivity contribution in [1.29, 1.82) is 0 Å². The maximum atomic E-state index is 12.8. The van der Waals surface area contributed by atoms with Crippen LogP contribution in [0.2, 0.25) is 0 Å². The number of likely N-dealkylation sites (tertiary alicyclic amines) is 1. The van der Waals surface area contributed by atoms with Gasteiger partial charge in [-0.1, -0.05) is 48.5 Å². The summed E-state index contributed by atoms with van der Waals surface area (Å²) in [6, 6.07) is 16.6. The van der Waals surface area contributed by atoms with E-state index in [9.17, 15) is 9.59 Å². The summed E-state index contributed by atoms with van der Waals surface area (Å²) in [5.41, 5.74) is 4.19. The number of carbonyl (C=O) groups is 2. The minimum atomic E-state index is -1.09. The van der Waals surface area contributed by atoms with E-state index in [0.29, 0.717) is 19.7 Å². The van der Waals surface area contributed by atoms with Crippen molar-refractivity contribution >= 4 is 59.9 Å². The first-order valence-corrected chi connectivity index (χ1v) is 13.4. The normalized spacial score (nSPS) is 16.8. The molecule has 0 atom stereocenters. The van der Waals surface area contributed by atoms with E-state index in [1.165, 1.54) is 22.3 Å². The van der Waals surface area contributed by atoms with Crippen molar-refractivity contribution in [3.05, 3.63) is 59.7 Å². The minimum Gasteiger partial charge on any atom is -0.457 e. The second kappa shape index (κ2) is 9.70. The number of hydrogen-bond donors (Lipinski definition) is 0. The van der Waals surface area contributed by atoms with Crippen LogP contribution in [0, 0.1) is 5.92 Å². The zero-order chi connectivity index (χ0) is 23.8. The van der Waals surface area contributed by atoms with Crippen LogP contribution in [0.3, 0.4) is 0 Å². The van der Waals surface area contributed by atoms with E-state index in [2.05, 4.69) is 72.1 Å². The molecule has 1 heterocycles. The number of alkyl halides is 3. The van der Waals surface area contributed by atoms with Gasteiger partial charge in [0.1, 0.15) is 12.2 Å². The third-order valence-corrected chi connectivity index (χ3v) is 7.63. The Balaban J connectivity index is 1.34. The van der Waals surface area contributed by atoms with Crippen LogP contribution in [0.1, 0.15) is 43.7 Å². The Labute approximate surface area is 219 Å². The van der Waals surface area contributed by atoms with E-state index in [4.69, 9.17) is 9.47 Å². The first-order valence-electron chi connectivity index (χ1n) is 11.0. The first-order chi connectivity index (χ1) is 15.6. The topological polar surface area (TPSA) is 55.8 Å². The van der Waals surface area contributed by atoms with Crippen molar-refractivity contribution in [1.82, 2.24) is 4.90 Å². The number of piperidine rings is 1. The van der Waals surface area contributed by atoms with Crippen molar-refractivity contribution in [3.8, 4) is 11.1 Å². The summed E-state index contributed by atoms with van der Waals surface area (Å²) in [6.07, 6.45) is 1.19. The average molecular weight is 644 g/mol. The monoisotopic (exact) mass is 641 g/mol. The van der Waals surface area contributed by atoms with Crippen molar-refractivity contribution in [2.45, 2.75) is 40.4 Å². The molecule has 0 radical (unpaired) electrons. The predicted molar refractivity (Wildman–Crippen MR) is 139 cm³/mol. The van der Waals surface area contributed by atoms with Crippen LogP contribution in [0.25, 0.3) is 11.1 Å². The Hall–Kier alpha value is -1.38. The summed E-state index contributed by atoms with van der Waals surface area (Å²) in [5, 5.41) is 0. The molecule has 4 rings (SSSR count). The number of ether oxygens (including phenoxy) is 2. The van der Waals surface area contributed by atoms with E-state index >= 15 is 0 Å². The number of carbonyl (C=O) groups excluding carboxylic acids is 2. The number of halogens is 3. The molecule has 2 aromatic carbocycles. The van der Waals surface area contributed by atoms with E-state index in [1.807, 2.05) is 38.1 Å². The second-order valence-electron chi connectivity index (χ2n) is 9.06. The number of hydrogen-bond acceptors (Lipinski definition) is 4. The molecule has 1 aliphatic carbocycles. The summed E-state index contributed by atoms with van der Waals surface area (Å²) in [4.78, 5) is 26.8. The Morgan fingerprint density at radius 1 is 0.939 bits per heavy atom. The number of nitrogens with zero attached hydrogens (tertiary/aromatic N) is 1. The minimum absolute atomic E-state index is 0.0512. The van der Waals surface area contributed by atoms with Crippen molar-refractivity contribution in [3.63, 3.8) is 0 Å². The van der Waals surface area contributed by atoms with Crippen molar-refractivity contribution in [2.24, 2.45) is 5.92 Å². The molecule has 1 amide bonds. The Bertz CT molecular complexity index is 996. The van der Waals surface area contributed by atoms with Crippen LogP contribution >= 0.6 is 47.8 Å². The predicted octanol–water partition coefficient (Wildman–Crippen LogP) is 6.81. The maximum absolute atomic E-state index is 12.8. The molecular weight excluding hydrogens is 618 g/mol. The highest BCUT2D eigenvalue weighted by Gasteiger charge is 2.41. The second-order valence-corrected chi connectivity index (χ2v) is 15.8. The zero-order valence-corrected chi connectivity index (χ0v) is 23.3. The van der Waals surface area contributed by atoms with Crippen LogP contribution in [0.5, 0.6) is 0 Å². The lowest BCUT2D eigenvalue weighted by molar-refractivity contribution is -0.161. The molecule has 0 unspecified atom stereocenters. The van der Waals surface area contributed by atoms with Gasteiger partial charge < -0.3 is 14.4 Å². The highest BCUT2D eigenvalue weighted by Crippen LogP contribution is 2.44. The number of rotatable bonds is 4. The van der Waals surface area contributed by atoms with E-state index in [1.54, 1.807) is 4.90 Å². The Kier molecular flexibility index (Phi) is 7.27. The molecule has 0 spiro atoms. The lowest BCUT2D eigenvalue weighted by Gasteiger charge is -2.40. The van der Waals surface area contributed by atoms with Crippen LogP contribution in [-0.4, -0.2) is 44.4 Å². The molecule has 5 nitrogen and oxygen atoms in total. The molecule has 176 valence electrons. The maximum Gasteiger partial charge on any atom is 0.409 e. The van der Waals surface area contributed by atoms with E-state index < -0.39 is 13.7 Å². The lowest BCUT2D eigenvalue weighted by Crippen LogP contribution is -2.47. The number of esters is 1. The van der Waals surface area contributed by atoms with Gasteiger partial charge in [-0.05, 0) is 96.7 Å². The summed E-state index contributed by atoms with van der Waals surface area (Å²) in [6.45, 7) is 5.29. The molecule has 1 saturated heterocycles. The summed E-state index contributed by atoms with van der Waals surface area (Å²) in [7, 11) is 0. The van der Waals surface area contributed by atoms with E-state index in [-0.39, 0.29) is 17.9 Å². The Morgan fingerprint density at radius 3 is 1.97 bits per heavy atom. The Morgan fingerprint density at radius 2 is 1.45 bits per heavy atom. The fourth-order valence-electron chi connectivity index (χ4n) is 4.82. The molecule has 2 aromatic rings. The highest BCUT2D eigenvalue weighted by molar-refractivity contribution is 9.40. The van der Waals surface area contributed by atoms with Gasteiger partial charge in [-0.2, -0.15) is 0 Å². The standard InChI is InChI=1S/C25H26Br3NO4/c1-24(2,33-22(30)25(26,27)28)16-11-13-29(14-12-16)23(31)32-15-21-19-9-5-3-7-17(19)18-8-4-6-10-20(18)21/h3-10,16,21H,11-15H2,1-2H3. The van der Waals surface area contributed by atoms with Crippen LogP contribution in [0.4, 0.5) is 4.79 Å². The summed E-state index contributed by atoms with van der Waals surface area (Å²) in [5.74, 6) is -0.240. The molecule has 0 saturated carbocycles. The van der Waals surface area contributed by atoms with Gasteiger partial charge >= 0.3 is 12.1 Å². The van der Waals surface area contributed by atoms with Crippen LogP contribution in [0.15, 0.2) is 48.5 Å².